The molecule has 1 saturated carbocycles. The largest absolute Gasteiger partial charge is 0.478 e. The van der Waals surface area contributed by atoms with Crippen LogP contribution in [0.4, 0.5) is 10.2 Å². The number of rotatable bonds is 5. The summed E-state index contributed by atoms with van der Waals surface area (Å²) in [7, 11) is 0. The van der Waals surface area contributed by atoms with E-state index in [0.717, 1.165) is 24.6 Å². The summed E-state index contributed by atoms with van der Waals surface area (Å²) in [4.78, 5) is 14.8. The number of anilines is 1. The van der Waals surface area contributed by atoms with E-state index in [-0.39, 0.29) is 11.4 Å². The highest BCUT2D eigenvalue weighted by molar-refractivity contribution is 5.93. The predicted molar refractivity (Wildman–Crippen MR) is 70.8 cm³/mol. The van der Waals surface area contributed by atoms with Gasteiger partial charge in [-0.25, -0.2) is 14.2 Å². The van der Waals surface area contributed by atoms with Gasteiger partial charge in [0.05, 0.1) is 6.20 Å². The smallest absolute Gasteiger partial charge is 0.339 e. The zero-order chi connectivity index (χ0) is 13.7. The Morgan fingerprint density at radius 3 is 2.84 bits per heavy atom. The van der Waals surface area contributed by atoms with Gasteiger partial charge in [0.25, 0.3) is 0 Å². The normalized spacial score (nSPS) is 16.3. The third kappa shape index (κ3) is 3.91. The van der Waals surface area contributed by atoms with E-state index in [4.69, 9.17) is 5.11 Å². The van der Waals surface area contributed by atoms with Crippen molar-refractivity contribution in [3.8, 4) is 0 Å². The number of halogens is 1. The van der Waals surface area contributed by atoms with E-state index < -0.39 is 11.8 Å². The van der Waals surface area contributed by atoms with Gasteiger partial charge in [-0.3, -0.25) is 0 Å². The maximum absolute atomic E-state index is 13.0. The Morgan fingerprint density at radius 1 is 1.42 bits per heavy atom. The molecule has 0 bridgehead atoms. The first kappa shape index (κ1) is 13.8. The van der Waals surface area contributed by atoms with Crippen molar-refractivity contribution in [2.24, 2.45) is 5.92 Å². The van der Waals surface area contributed by atoms with Gasteiger partial charge in [0.2, 0.25) is 0 Å². The second-order valence-electron chi connectivity index (χ2n) is 5.07. The lowest BCUT2D eigenvalue weighted by Gasteiger charge is -2.21. The van der Waals surface area contributed by atoms with Crippen LogP contribution in [0.3, 0.4) is 0 Å². The van der Waals surface area contributed by atoms with Gasteiger partial charge in [-0.2, -0.15) is 0 Å². The molecule has 1 heterocycles. The fourth-order valence-corrected chi connectivity index (χ4v) is 2.61. The molecule has 104 valence electrons. The van der Waals surface area contributed by atoms with Crippen LogP contribution >= 0.6 is 0 Å². The number of aromatic carboxylic acids is 1. The summed E-state index contributed by atoms with van der Waals surface area (Å²) >= 11 is 0. The first-order valence-corrected chi connectivity index (χ1v) is 6.79. The minimum absolute atomic E-state index is 0.108. The highest BCUT2D eigenvalue weighted by Gasteiger charge is 2.15. The van der Waals surface area contributed by atoms with Gasteiger partial charge in [-0.05, 0) is 18.4 Å². The van der Waals surface area contributed by atoms with Crippen LogP contribution < -0.4 is 5.32 Å². The van der Waals surface area contributed by atoms with E-state index in [1.165, 1.54) is 32.1 Å². The number of carboxylic acid groups (broad SMARTS) is 1. The topological polar surface area (TPSA) is 62.2 Å². The van der Waals surface area contributed by atoms with Crippen molar-refractivity contribution in [3.05, 3.63) is 23.6 Å². The molecule has 0 amide bonds. The molecule has 5 heteroatoms. The van der Waals surface area contributed by atoms with Gasteiger partial charge >= 0.3 is 5.97 Å². The Labute approximate surface area is 112 Å². The molecule has 0 radical (unpaired) electrons. The van der Waals surface area contributed by atoms with E-state index >= 15 is 0 Å². The summed E-state index contributed by atoms with van der Waals surface area (Å²) in [5, 5.41) is 12.0. The fraction of sp³-hybridized carbons (Fsp3) is 0.571. The molecule has 1 aromatic rings. The van der Waals surface area contributed by atoms with Crippen molar-refractivity contribution in [2.75, 3.05) is 11.9 Å². The van der Waals surface area contributed by atoms with Crippen LogP contribution in [0.15, 0.2) is 12.3 Å². The van der Waals surface area contributed by atoms with Crippen LogP contribution in [0.2, 0.25) is 0 Å². The maximum atomic E-state index is 13.0. The first-order valence-electron chi connectivity index (χ1n) is 6.79. The van der Waals surface area contributed by atoms with Gasteiger partial charge in [0, 0.05) is 6.54 Å². The van der Waals surface area contributed by atoms with Crippen LogP contribution in [0, 0.1) is 11.7 Å². The zero-order valence-corrected chi connectivity index (χ0v) is 10.9. The first-order chi connectivity index (χ1) is 9.16. The number of carboxylic acids is 1. The molecule has 0 aliphatic heterocycles. The highest BCUT2D eigenvalue weighted by Crippen LogP contribution is 2.26. The van der Waals surface area contributed by atoms with Crippen molar-refractivity contribution in [1.82, 2.24) is 4.98 Å². The molecule has 0 aromatic carbocycles. The average Bonchev–Trinajstić information content (AvgIpc) is 2.41. The third-order valence-corrected chi connectivity index (χ3v) is 3.65. The van der Waals surface area contributed by atoms with E-state index in [2.05, 4.69) is 10.3 Å². The predicted octanol–water partition coefficient (Wildman–Crippen LogP) is 3.30. The molecule has 19 heavy (non-hydrogen) atoms. The van der Waals surface area contributed by atoms with Crippen molar-refractivity contribution in [1.29, 1.82) is 0 Å². The van der Waals surface area contributed by atoms with E-state index in [0.29, 0.717) is 6.54 Å². The second-order valence-corrected chi connectivity index (χ2v) is 5.07. The number of pyridine rings is 1. The number of hydrogen-bond donors (Lipinski definition) is 2. The molecular weight excluding hydrogens is 247 g/mol. The lowest BCUT2D eigenvalue weighted by Crippen LogP contribution is -2.14. The van der Waals surface area contributed by atoms with Gasteiger partial charge in [0.15, 0.2) is 0 Å². The lowest BCUT2D eigenvalue weighted by atomic mass is 9.87. The average molecular weight is 266 g/mol. The van der Waals surface area contributed by atoms with Gasteiger partial charge in [-0.15, -0.1) is 0 Å². The summed E-state index contributed by atoms with van der Waals surface area (Å²) < 4.78 is 13.0. The van der Waals surface area contributed by atoms with Crippen molar-refractivity contribution >= 4 is 11.8 Å². The highest BCUT2D eigenvalue weighted by atomic mass is 19.1. The van der Waals surface area contributed by atoms with E-state index in [9.17, 15) is 9.18 Å². The van der Waals surface area contributed by atoms with Crippen molar-refractivity contribution in [3.63, 3.8) is 0 Å². The lowest BCUT2D eigenvalue weighted by molar-refractivity contribution is 0.0697. The minimum Gasteiger partial charge on any atom is -0.478 e. The van der Waals surface area contributed by atoms with Crippen LogP contribution in [-0.2, 0) is 0 Å². The Kier molecular flexibility index (Phi) is 4.71. The summed E-state index contributed by atoms with van der Waals surface area (Å²) in [5.41, 5.74) is -0.108. The standard InChI is InChI=1S/C14H19FN2O2/c15-11-8-12(14(18)19)13(17-9-11)16-7-6-10-4-2-1-3-5-10/h8-10H,1-7H2,(H,16,17)(H,18,19). The summed E-state index contributed by atoms with van der Waals surface area (Å²) in [6.07, 6.45) is 8.47. The molecule has 1 aromatic heterocycles. The number of carbonyl (C=O) groups is 1. The van der Waals surface area contributed by atoms with E-state index in [1.54, 1.807) is 0 Å². The monoisotopic (exact) mass is 266 g/mol. The Hall–Kier alpha value is -1.65. The molecule has 4 nitrogen and oxygen atoms in total. The molecule has 0 unspecified atom stereocenters. The third-order valence-electron chi connectivity index (χ3n) is 3.65. The SMILES string of the molecule is O=C(O)c1cc(F)cnc1NCCC1CCCCC1. The molecular formula is C14H19FN2O2. The molecule has 0 spiro atoms. The van der Waals surface area contributed by atoms with Crippen LogP contribution in [-0.4, -0.2) is 22.6 Å². The van der Waals surface area contributed by atoms with Crippen LogP contribution in [0.1, 0.15) is 48.9 Å². The summed E-state index contributed by atoms with van der Waals surface area (Å²) in [6.45, 7) is 0.684. The summed E-state index contributed by atoms with van der Waals surface area (Å²) in [5.74, 6) is -0.818. The van der Waals surface area contributed by atoms with E-state index in [1.807, 2.05) is 0 Å². The molecule has 1 aliphatic rings. The molecule has 0 saturated heterocycles. The van der Waals surface area contributed by atoms with Crippen molar-refractivity contribution < 1.29 is 14.3 Å². The number of nitrogens with zero attached hydrogens (tertiary/aromatic N) is 1. The van der Waals surface area contributed by atoms with Gasteiger partial charge in [0.1, 0.15) is 17.2 Å². The molecule has 1 fully saturated rings. The quantitative estimate of drug-likeness (QED) is 0.858. The molecule has 2 rings (SSSR count). The Bertz CT molecular complexity index is 445. The Balaban J connectivity index is 1.89. The molecule has 0 atom stereocenters. The molecule has 2 N–H and O–H groups in total. The maximum Gasteiger partial charge on any atom is 0.339 e. The van der Waals surface area contributed by atoms with Gasteiger partial charge in [-0.1, -0.05) is 32.1 Å². The number of aromatic nitrogens is 1. The van der Waals surface area contributed by atoms with Gasteiger partial charge < -0.3 is 10.4 Å². The number of hydrogen-bond acceptors (Lipinski definition) is 3. The summed E-state index contributed by atoms with van der Waals surface area (Å²) in [6, 6.07) is 0.998. The fourth-order valence-electron chi connectivity index (χ4n) is 2.61. The number of nitrogens with one attached hydrogen (secondary N) is 1. The van der Waals surface area contributed by atoms with Crippen LogP contribution in [0.25, 0.3) is 0 Å². The second kappa shape index (κ2) is 6.50. The van der Waals surface area contributed by atoms with Crippen LogP contribution in [0.5, 0.6) is 0 Å². The van der Waals surface area contributed by atoms with Crippen molar-refractivity contribution in [2.45, 2.75) is 38.5 Å². The zero-order valence-electron chi connectivity index (χ0n) is 10.9. The molecule has 1 aliphatic carbocycles. The minimum atomic E-state index is -1.16. The Morgan fingerprint density at radius 2 is 2.16 bits per heavy atom.